The summed E-state index contributed by atoms with van der Waals surface area (Å²) in [6.07, 6.45) is -10.1. The number of benzene rings is 2. The molecule has 0 aliphatic carbocycles. The van der Waals surface area contributed by atoms with E-state index >= 15 is 0 Å². The number of hydrogen-bond acceptors (Lipinski definition) is 4. The number of halogens is 7. The summed E-state index contributed by atoms with van der Waals surface area (Å²) in [6.45, 7) is 0. The third kappa shape index (κ3) is 4.70. The minimum Gasteiger partial charge on any atom is -0.424 e. The predicted octanol–water partition coefficient (Wildman–Crippen LogP) is 5.05. The van der Waals surface area contributed by atoms with Gasteiger partial charge in [-0.3, -0.25) is 5.32 Å². The highest BCUT2D eigenvalue weighted by Crippen LogP contribution is 2.46. The van der Waals surface area contributed by atoms with Crippen molar-refractivity contribution in [2.75, 3.05) is 5.32 Å². The summed E-state index contributed by atoms with van der Waals surface area (Å²) < 4.78 is 90.2. The first-order chi connectivity index (χ1) is 13.4. The van der Waals surface area contributed by atoms with Crippen LogP contribution in [-0.2, 0) is 0 Å². The summed E-state index contributed by atoms with van der Waals surface area (Å²) in [5.41, 5.74) is -0.118. The highest BCUT2D eigenvalue weighted by Gasteiger charge is 2.65. The maximum Gasteiger partial charge on any atom is 0.573 e. The number of carbonyl (C=O) groups is 1. The van der Waals surface area contributed by atoms with E-state index in [9.17, 15) is 31.1 Å². The lowest BCUT2D eigenvalue weighted by Gasteiger charge is -2.29. The first kappa shape index (κ1) is 20.7. The monoisotopic (exact) mass is 442 g/mol. The molecule has 3 rings (SSSR count). The van der Waals surface area contributed by atoms with Gasteiger partial charge in [-0.25, -0.2) is 4.79 Å². The van der Waals surface area contributed by atoms with Gasteiger partial charge in [0.2, 0.25) is 0 Å². The summed E-state index contributed by atoms with van der Waals surface area (Å²) in [7, 11) is 0. The Balaban J connectivity index is 1.72. The Kier molecular flexibility index (Phi) is 5.07. The molecule has 0 radical (unpaired) electrons. The molecule has 2 aromatic rings. The number of carbonyl (C=O) groups excluding carboxylic acids is 1. The van der Waals surface area contributed by atoms with E-state index in [-0.39, 0.29) is 22.2 Å². The van der Waals surface area contributed by atoms with Crippen LogP contribution in [0.15, 0.2) is 42.5 Å². The molecule has 1 atom stereocenters. The maximum atomic E-state index is 13.5. The zero-order valence-corrected chi connectivity index (χ0v) is 14.6. The van der Waals surface area contributed by atoms with Crippen LogP contribution in [0.2, 0.25) is 5.02 Å². The zero-order valence-electron chi connectivity index (χ0n) is 13.8. The van der Waals surface area contributed by atoms with E-state index in [1.54, 1.807) is 0 Å². The fourth-order valence-electron chi connectivity index (χ4n) is 2.27. The predicted molar refractivity (Wildman–Crippen MR) is 86.8 cm³/mol. The minimum absolute atomic E-state index is 0.0796. The second-order valence-corrected chi connectivity index (χ2v) is 6.00. The summed E-state index contributed by atoms with van der Waals surface area (Å²) in [4.78, 5) is 12.0. The van der Waals surface area contributed by atoms with Crippen molar-refractivity contribution in [3.63, 3.8) is 0 Å². The van der Waals surface area contributed by atoms with Gasteiger partial charge >= 0.3 is 24.5 Å². The Morgan fingerprint density at radius 2 is 1.59 bits per heavy atom. The summed E-state index contributed by atoms with van der Waals surface area (Å²) in [6, 6.07) is 5.78. The second kappa shape index (κ2) is 7.10. The van der Waals surface area contributed by atoms with Crippen LogP contribution in [0.5, 0.6) is 17.2 Å². The number of anilines is 1. The van der Waals surface area contributed by atoms with Gasteiger partial charge in [-0.05, 0) is 36.4 Å². The van der Waals surface area contributed by atoms with Crippen LogP contribution in [0.4, 0.5) is 36.8 Å². The SMILES string of the molecule is O=C(Nc1ccc(OC(F)(F)F)cc1)N[C@@]1(C(F)(F)F)Oc2ccc(Cl)cc2O1. The van der Waals surface area contributed by atoms with E-state index in [0.29, 0.717) is 0 Å². The zero-order chi connectivity index (χ0) is 21.4. The molecule has 0 aromatic heterocycles. The van der Waals surface area contributed by atoms with Crippen LogP contribution in [0, 0.1) is 0 Å². The number of fused-ring (bicyclic) bond motifs is 1. The summed E-state index contributed by atoms with van der Waals surface area (Å²) in [5.74, 6) is -4.75. The fourth-order valence-corrected chi connectivity index (χ4v) is 2.43. The lowest BCUT2D eigenvalue weighted by molar-refractivity contribution is -0.317. The van der Waals surface area contributed by atoms with Crippen molar-refractivity contribution in [2.24, 2.45) is 0 Å². The molecular weight excluding hydrogens is 434 g/mol. The largest absolute Gasteiger partial charge is 0.573 e. The Labute approximate surface area is 163 Å². The molecule has 156 valence electrons. The molecule has 1 aliphatic rings. The number of amides is 2. The molecule has 6 nitrogen and oxygen atoms in total. The number of ether oxygens (including phenoxy) is 3. The van der Waals surface area contributed by atoms with Crippen molar-refractivity contribution >= 4 is 23.3 Å². The van der Waals surface area contributed by atoms with E-state index in [1.807, 2.05) is 5.32 Å². The van der Waals surface area contributed by atoms with E-state index in [1.165, 1.54) is 11.4 Å². The average Bonchev–Trinajstić information content (AvgIpc) is 2.93. The van der Waals surface area contributed by atoms with Crippen LogP contribution in [-0.4, -0.2) is 24.5 Å². The van der Waals surface area contributed by atoms with E-state index in [4.69, 9.17) is 21.1 Å². The maximum absolute atomic E-state index is 13.5. The Bertz CT molecular complexity index is 919. The molecule has 1 aliphatic heterocycles. The number of hydrogen-bond donors (Lipinski definition) is 2. The molecular formula is C16H9ClF6N2O4. The fraction of sp³-hybridized carbons (Fsp3) is 0.188. The van der Waals surface area contributed by atoms with Crippen LogP contribution >= 0.6 is 11.6 Å². The molecule has 1 heterocycles. The van der Waals surface area contributed by atoms with E-state index in [2.05, 4.69) is 4.74 Å². The number of rotatable bonds is 3. The van der Waals surface area contributed by atoms with Gasteiger partial charge in [0.15, 0.2) is 11.5 Å². The first-order valence-corrected chi connectivity index (χ1v) is 7.94. The lowest BCUT2D eigenvalue weighted by atomic mass is 10.3. The molecule has 2 amide bonds. The van der Waals surface area contributed by atoms with Crippen LogP contribution in [0.3, 0.4) is 0 Å². The van der Waals surface area contributed by atoms with Crippen molar-refractivity contribution < 1.29 is 45.3 Å². The van der Waals surface area contributed by atoms with Gasteiger partial charge in [-0.2, -0.15) is 13.2 Å². The van der Waals surface area contributed by atoms with Crippen LogP contribution in [0.25, 0.3) is 0 Å². The number of alkyl halides is 6. The molecule has 0 saturated heterocycles. The Hall–Kier alpha value is -3.02. The standard InChI is InChI=1S/C16H9ClF6N2O4/c17-8-1-6-11-12(7-8)29-15(28-11,14(18,19)20)25-13(26)24-9-2-4-10(5-3-9)27-16(21,22)23/h1-7H,(H2,24,25,26)/t15-/m0/s1. The average molecular weight is 443 g/mol. The highest BCUT2D eigenvalue weighted by atomic mass is 35.5. The van der Waals surface area contributed by atoms with Gasteiger partial charge in [0.25, 0.3) is 0 Å². The lowest BCUT2D eigenvalue weighted by Crippen LogP contribution is -2.65. The van der Waals surface area contributed by atoms with Gasteiger partial charge in [0, 0.05) is 16.8 Å². The van der Waals surface area contributed by atoms with Gasteiger partial charge in [0.05, 0.1) is 0 Å². The number of urea groups is 1. The molecule has 0 spiro atoms. The Morgan fingerprint density at radius 3 is 2.17 bits per heavy atom. The molecule has 13 heteroatoms. The quantitative estimate of drug-likeness (QED) is 0.653. The van der Waals surface area contributed by atoms with E-state index in [0.717, 1.165) is 36.4 Å². The van der Waals surface area contributed by atoms with Gasteiger partial charge < -0.3 is 19.5 Å². The summed E-state index contributed by atoms with van der Waals surface area (Å²) in [5, 5.41) is 3.63. The molecule has 0 unspecified atom stereocenters. The van der Waals surface area contributed by atoms with Crippen molar-refractivity contribution in [1.29, 1.82) is 0 Å². The molecule has 0 saturated carbocycles. The Morgan fingerprint density at radius 1 is 0.966 bits per heavy atom. The molecule has 0 bridgehead atoms. The van der Waals surface area contributed by atoms with Crippen LogP contribution in [0.1, 0.15) is 0 Å². The number of nitrogens with one attached hydrogen (secondary N) is 2. The van der Waals surface area contributed by atoms with Gasteiger partial charge in [0.1, 0.15) is 5.75 Å². The topological polar surface area (TPSA) is 68.8 Å². The second-order valence-electron chi connectivity index (χ2n) is 5.56. The van der Waals surface area contributed by atoms with Gasteiger partial charge in [-0.15, -0.1) is 13.2 Å². The molecule has 2 N–H and O–H groups in total. The third-order valence-electron chi connectivity index (χ3n) is 3.41. The van der Waals surface area contributed by atoms with E-state index < -0.39 is 30.2 Å². The van der Waals surface area contributed by atoms with Crippen LogP contribution < -0.4 is 24.8 Å². The van der Waals surface area contributed by atoms with Gasteiger partial charge in [-0.1, -0.05) is 11.6 Å². The minimum atomic E-state index is -5.19. The highest BCUT2D eigenvalue weighted by molar-refractivity contribution is 6.30. The molecule has 0 fully saturated rings. The summed E-state index contributed by atoms with van der Waals surface area (Å²) >= 11 is 5.70. The smallest absolute Gasteiger partial charge is 0.424 e. The van der Waals surface area contributed by atoms with Crippen molar-refractivity contribution in [3.05, 3.63) is 47.5 Å². The van der Waals surface area contributed by atoms with Crippen molar-refractivity contribution in [3.8, 4) is 17.2 Å². The van der Waals surface area contributed by atoms with Crippen molar-refractivity contribution in [2.45, 2.75) is 18.4 Å². The first-order valence-electron chi connectivity index (χ1n) is 7.56. The normalized spacial score (nSPS) is 18.3. The molecule has 29 heavy (non-hydrogen) atoms. The third-order valence-corrected chi connectivity index (χ3v) is 3.65. The van der Waals surface area contributed by atoms with Crippen molar-refractivity contribution in [1.82, 2.24) is 5.32 Å². The molecule has 2 aromatic carbocycles.